The first kappa shape index (κ1) is 12.8. The molecule has 98 valence electrons. The summed E-state index contributed by atoms with van der Waals surface area (Å²) in [5.41, 5.74) is 4.62. The second-order valence-corrected chi connectivity index (χ2v) is 4.93. The lowest BCUT2D eigenvalue weighted by atomic mass is 10.0. The number of carbonyl (C=O) groups is 1. The molecule has 0 saturated heterocycles. The van der Waals surface area contributed by atoms with E-state index in [1.54, 1.807) is 12.1 Å². The standard InChI is InChI=1S/C12H18N4O2/c1-16(8-12(18)6-2-3-7-12)10-5-4-9(11(13)17)14-15-10/h4-5,18H,2-3,6-8H2,1H3,(H2,13,17). The number of likely N-dealkylation sites (N-methyl/N-ethyl adjacent to an activating group) is 1. The third kappa shape index (κ3) is 2.76. The number of nitrogens with zero attached hydrogens (tertiary/aromatic N) is 3. The summed E-state index contributed by atoms with van der Waals surface area (Å²) in [7, 11) is 1.85. The molecule has 3 N–H and O–H groups in total. The van der Waals surface area contributed by atoms with Gasteiger partial charge in [-0.1, -0.05) is 12.8 Å². The Bertz CT molecular complexity index is 426. The summed E-state index contributed by atoms with van der Waals surface area (Å²) in [6, 6.07) is 3.23. The first-order valence-electron chi connectivity index (χ1n) is 6.07. The zero-order valence-corrected chi connectivity index (χ0v) is 10.5. The fraction of sp³-hybridized carbons (Fsp3) is 0.583. The largest absolute Gasteiger partial charge is 0.388 e. The highest BCUT2D eigenvalue weighted by molar-refractivity contribution is 5.90. The minimum atomic E-state index is -0.626. The van der Waals surface area contributed by atoms with Gasteiger partial charge in [0.05, 0.1) is 5.60 Å². The molecular weight excluding hydrogens is 232 g/mol. The van der Waals surface area contributed by atoms with Crippen molar-refractivity contribution < 1.29 is 9.90 Å². The van der Waals surface area contributed by atoms with Crippen molar-refractivity contribution in [3.05, 3.63) is 17.8 Å². The summed E-state index contributed by atoms with van der Waals surface area (Å²) >= 11 is 0. The van der Waals surface area contributed by atoms with E-state index in [1.807, 2.05) is 11.9 Å². The second-order valence-electron chi connectivity index (χ2n) is 4.93. The summed E-state index contributed by atoms with van der Waals surface area (Å²) in [5.74, 6) is 0.0337. The van der Waals surface area contributed by atoms with Gasteiger partial charge in [-0.15, -0.1) is 10.2 Å². The SMILES string of the molecule is CN(CC1(O)CCCC1)c1ccc(C(N)=O)nn1. The van der Waals surface area contributed by atoms with Crippen LogP contribution in [0.1, 0.15) is 36.2 Å². The molecule has 1 fully saturated rings. The highest BCUT2D eigenvalue weighted by atomic mass is 16.3. The van der Waals surface area contributed by atoms with Gasteiger partial charge in [0.2, 0.25) is 0 Å². The van der Waals surface area contributed by atoms with Crippen molar-refractivity contribution in [2.75, 3.05) is 18.5 Å². The molecule has 2 rings (SSSR count). The van der Waals surface area contributed by atoms with Gasteiger partial charge in [-0.3, -0.25) is 4.79 Å². The quantitative estimate of drug-likeness (QED) is 0.802. The number of hydrogen-bond donors (Lipinski definition) is 2. The smallest absolute Gasteiger partial charge is 0.269 e. The van der Waals surface area contributed by atoms with Gasteiger partial charge in [0.15, 0.2) is 11.5 Å². The van der Waals surface area contributed by atoms with Crippen LogP contribution in [0.3, 0.4) is 0 Å². The highest BCUT2D eigenvalue weighted by Crippen LogP contribution is 2.30. The maximum atomic E-state index is 10.9. The van der Waals surface area contributed by atoms with Gasteiger partial charge in [0.1, 0.15) is 0 Å². The van der Waals surface area contributed by atoms with Crippen molar-refractivity contribution in [2.45, 2.75) is 31.3 Å². The lowest BCUT2D eigenvalue weighted by molar-refractivity contribution is 0.0557. The molecule has 6 nitrogen and oxygen atoms in total. The third-order valence-electron chi connectivity index (χ3n) is 3.36. The average Bonchev–Trinajstić information content (AvgIpc) is 2.76. The Morgan fingerprint density at radius 3 is 2.61 bits per heavy atom. The Morgan fingerprint density at radius 1 is 1.44 bits per heavy atom. The van der Waals surface area contributed by atoms with Crippen molar-refractivity contribution in [1.29, 1.82) is 0 Å². The Morgan fingerprint density at radius 2 is 2.11 bits per heavy atom. The molecule has 1 amide bonds. The van der Waals surface area contributed by atoms with Gasteiger partial charge in [-0.25, -0.2) is 0 Å². The molecule has 0 bridgehead atoms. The molecule has 1 aliphatic rings. The molecule has 6 heteroatoms. The minimum Gasteiger partial charge on any atom is -0.388 e. The van der Waals surface area contributed by atoms with E-state index < -0.39 is 11.5 Å². The zero-order valence-electron chi connectivity index (χ0n) is 10.5. The van der Waals surface area contributed by atoms with Crippen LogP contribution in [0.15, 0.2) is 12.1 Å². The van der Waals surface area contributed by atoms with Crippen LogP contribution in [0.2, 0.25) is 0 Å². The van der Waals surface area contributed by atoms with Gasteiger partial charge < -0.3 is 15.7 Å². The van der Waals surface area contributed by atoms with Gasteiger partial charge in [-0.05, 0) is 25.0 Å². The fourth-order valence-electron chi connectivity index (χ4n) is 2.37. The van der Waals surface area contributed by atoms with Gasteiger partial charge in [-0.2, -0.15) is 0 Å². The van der Waals surface area contributed by atoms with Gasteiger partial charge in [0, 0.05) is 13.6 Å². The van der Waals surface area contributed by atoms with E-state index in [9.17, 15) is 9.90 Å². The Kier molecular flexibility index (Phi) is 3.47. The number of anilines is 1. The number of aliphatic hydroxyl groups is 1. The summed E-state index contributed by atoms with van der Waals surface area (Å²) in [6.07, 6.45) is 3.78. The van der Waals surface area contributed by atoms with Crippen molar-refractivity contribution in [2.24, 2.45) is 5.73 Å². The van der Waals surface area contributed by atoms with Crippen molar-refractivity contribution in [3.8, 4) is 0 Å². The van der Waals surface area contributed by atoms with E-state index in [2.05, 4.69) is 10.2 Å². The molecule has 1 aliphatic carbocycles. The molecule has 0 unspecified atom stereocenters. The summed E-state index contributed by atoms with van der Waals surface area (Å²) < 4.78 is 0. The number of primary amides is 1. The van der Waals surface area contributed by atoms with Gasteiger partial charge in [0.25, 0.3) is 5.91 Å². The maximum absolute atomic E-state index is 10.9. The van der Waals surface area contributed by atoms with E-state index in [4.69, 9.17) is 5.73 Å². The van der Waals surface area contributed by atoms with E-state index in [0.29, 0.717) is 12.4 Å². The maximum Gasteiger partial charge on any atom is 0.269 e. The summed E-state index contributed by atoms with van der Waals surface area (Å²) in [4.78, 5) is 12.7. The Labute approximate surface area is 106 Å². The lowest BCUT2D eigenvalue weighted by Gasteiger charge is -2.28. The molecule has 1 heterocycles. The van der Waals surface area contributed by atoms with Crippen LogP contribution in [0, 0.1) is 0 Å². The molecular formula is C12H18N4O2. The number of amides is 1. The van der Waals surface area contributed by atoms with E-state index >= 15 is 0 Å². The lowest BCUT2D eigenvalue weighted by Crippen LogP contribution is -2.39. The fourth-order valence-corrected chi connectivity index (χ4v) is 2.37. The molecule has 0 spiro atoms. The number of carbonyl (C=O) groups excluding carboxylic acids is 1. The topological polar surface area (TPSA) is 92.3 Å². The van der Waals surface area contributed by atoms with E-state index in [0.717, 1.165) is 25.7 Å². The third-order valence-corrected chi connectivity index (χ3v) is 3.36. The minimum absolute atomic E-state index is 0.145. The zero-order chi connectivity index (χ0) is 13.2. The highest BCUT2D eigenvalue weighted by Gasteiger charge is 2.32. The van der Waals surface area contributed by atoms with Gasteiger partial charge >= 0.3 is 0 Å². The second kappa shape index (κ2) is 4.89. The molecule has 0 aliphatic heterocycles. The average molecular weight is 250 g/mol. The van der Waals surface area contributed by atoms with E-state index in [-0.39, 0.29) is 5.69 Å². The number of aromatic nitrogens is 2. The van der Waals surface area contributed by atoms with Crippen LogP contribution in [0.25, 0.3) is 0 Å². The van der Waals surface area contributed by atoms with E-state index in [1.165, 1.54) is 0 Å². The van der Waals surface area contributed by atoms with Crippen LogP contribution < -0.4 is 10.6 Å². The summed E-state index contributed by atoms with van der Waals surface area (Å²) in [5, 5.41) is 18.0. The number of rotatable bonds is 4. The molecule has 18 heavy (non-hydrogen) atoms. The van der Waals surface area contributed by atoms with Crippen LogP contribution in [0.4, 0.5) is 5.82 Å². The van der Waals surface area contributed by atoms with Crippen molar-refractivity contribution in [3.63, 3.8) is 0 Å². The predicted octanol–water partition coefficient (Wildman–Crippen LogP) is 0.317. The number of nitrogens with two attached hydrogens (primary N) is 1. The molecule has 1 aromatic heterocycles. The monoisotopic (exact) mass is 250 g/mol. The molecule has 1 aromatic rings. The normalized spacial score (nSPS) is 17.7. The van der Waals surface area contributed by atoms with Crippen molar-refractivity contribution >= 4 is 11.7 Å². The Balaban J connectivity index is 2.04. The Hall–Kier alpha value is -1.69. The van der Waals surface area contributed by atoms with Crippen LogP contribution in [0.5, 0.6) is 0 Å². The molecule has 0 radical (unpaired) electrons. The first-order valence-corrected chi connectivity index (χ1v) is 6.07. The summed E-state index contributed by atoms with van der Waals surface area (Å²) in [6.45, 7) is 0.525. The molecule has 1 saturated carbocycles. The molecule has 0 atom stereocenters. The van der Waals surface area contributed by atoms with Crippen LogP contribution in [-0.2, 0) is 0 Å². The van der Waals surface area contributed by atoms with Crippen LogP contribution >= 0.6 is 0 Å². The van der Waals surface area contributed by atoms with Crippen LogP contribution in [-0.4, -0.2) is 40.4 Å². The van der Waals surface area contributed by atoms with Crippen molar-refractivity contribution in [1.82, 2.24) is 10.2 Å². The molecule has 0 aromatic carbocycles. The number of hydrogen-bond acceptors (Lipinski definition) is 5. The first-order chi connectivity index (χ1) is 8.50. The predicted molar refractivity (Wildman–Crippen MR) is 67.2 cm³/mol.